The Hall–Kier alpha value is -2.18. The van der Waals surface area contributed by atoms with Gasteiger partial charge in [0.2, 0.25) is 0 Å². The summed E-state index contributed by atoms with van der Waals surface area (Å²) in [4.78, 5) is 29.3. The number of carbonyl (C=O) groups is 1. The van der Waals surface area contributed by atoms with Crippen LogP contribution < -0.4 is 5.56 Å². The van der Waals surface area contributed by atoms with E-state index in [9.17, 15) is 9.59 Å². The van der Waals surface area contributed by atoms with Gasteiger partial charge >= 0.3 is 5.97 Å². The van der Waals surface area contributed by atoms with Crippen LogP contribution in [0, 0.1) is 0 Å². The van der Waals surface area contributed by atoms with E-state index in [0.717, 1.165) is 4.52 Å². The number of H-pyrrole nitrogens is 1. The highest BCUT2D eigenvalue weighted by molar-refractivity contribution is 5.69. The Morgan fingerprint density at radius 1 is 1.64 bits per heavy atom. The van der Waals surface area contributed by atoms with Crippen molar-refractivity contribution in [2.45, 2.75) is 6.42 Å². The second-order valence-electron chi connectivity index (χ2n) is 2.68. The highest BCUT2D eigenvalue weighted by Gasteiger charge is 2.06. The zero-order valence-corrected chi connectivity index (χ0v) is 6.97. The summed E-state index contributed by atoms with van der Waals surface area (Å²) in [5.41, 5.74) is -0.168. The van der Waals surface area contributed by atoms with Crippen molar-refractivity contribution in [3.63, 3.8) is 0 Å². The number of nitrogens with zero attached hydrogens (tertiary/aromatic N) is 3. The third-order valence-electron chi connectivity index (χ3n) is 1.65. The number of carboxylic acid groups (broad SMARTS) is 1. The monoisotopic (exact) mass is 194 g/mol. The Kier molecular flexibility index (Phi) is 1.77. The first-order valence-electron chi connectivity index (χ1n) is 3.80. The molecule has 2 rings (SSSR count). The quantitative estimate of drug-likeness (QED) is 0.641. The predicted molar refractivity (Wildman–Crippen MR) is 44.9 cm³/mol. The van der Waals surface area contributed by atoms with Crippen molar-refractivity contribution >= 4 is 11.7 Å². The molecule has 0 unspecified atom stereocenters. The van der Waals surface area contributed by atoms with Crippen LogP contribution in [0.15, 0.2) is 17.2 Å². The molecule has 0 aliphatic carbocycles. The molecule has 0 spiro atoms. The van der Waals surface area contributed by atoms with E-state index in [4.69, 9.17) is 5.11 Å². The molecule has 2 N–H and O–H groups in total. The average molecular weight is 194 g/mol. The maximum Gasteiger partial charge on any atom is 0.309 e. The fourth-order valence-corrected chi connectivity index (χ4v) is 1.11. The van der Waals surface area contributed by atoms with E-state index in [0.29, 0.717) is 0 Å². The van der Waals surface area contributed by atoms with Gasteiger partial charge in [-0.2, -0.15) is 4.52 Å². The predicted octanol–water partition coefficient (Wildman–Crippen LogP) is -0.955. The number of rotatable bonds is 2. The zero-order valence-electron chi connectivity index (χ0n) is 6.97. The first-order valence-corrected chi connectivity index (χ1v) is 3.80. The van der Waals surface area contributed by atoms with E-state index in [1.807, 2.05) is 0 Å². The van der Waals surface area contributed by atoms with Crippen LogP contribution >= 0.6 is 0 Å². The lowest BCUT2D eigenvalue weighted by atomic mass is 10.3. The summed E-state index contributed by atoms with van der Waals surface area (Å²) in [5.74, 6) is -0.856. The average Bonchev–Trinajstić information content (AvgIpc) is 2.50. The molecule has 14 heavy (non-hydrogen) atoms. The maximum atomic E-state index is 11.3. The van der Waals surface area contributed by atoms with Gasteiger partial charge in [0.25, 0.3) is 11.3 Å². The van der Waals surface area contributed by atoms with Crippen molar-refractivity contribution in [2.75, 3.05) is 0 Å². The summed E-state index contributed by atoms with van der Waals surface area (Å²) in [7, 11) is 0. The minimum absolute atomic E-state index is 0.175. The molecule has 2 aromatic heterocycles. The Morgan fingerprint density at radius 3 is 3.14 bits per heavy atom. The zero-order chi connectivity index (χ0) is 10.1. The highest BCUT2D eigenvalue weighted by atomic mass is 16.4. The van der Waals surface area contributed by atoms with Crippen molar-refractivity contribution < 1.29 is 9.90 Å². The molecular formula is C7H6N4O3. The van der Waals surface area contributed by atoms with Gasteiger partial charge in [0.05, 0.1) is 12.1 Å². The molecule has 0 saturated heterocycles. The van der Waals surface area contributed by atoms with E-state index in [2.05, 4.69) is 15.1 Å². The second-order valence-corrected chi connectivity index (χ2v) is 2.68. The molecule has 0 aliphatic heterocycles. The number of nitrogens with one attached hydrogen (secondary N) is 1. The van der Waals surface area contributed by atoms with Crippen molar-refractivity contribution in [2.24, 2.45) is 0 Å². The normalized spacial score (nSPS) is 10.6. The Morgan fingerprint density at radius 2 is 2.43 bits per heavy atom. The van der Waals surface area contributed by atoms with Gasteiger partial charge in [-0.1, -0.05) is 0 Å². The molecule has 2 heterocycles. The number of aliphatic carboxylic acids is 1. The van der Waals surface area contributed by atoms with E-state index in [-0.39, 0.29) is 23.5 Å². The second kappa shape index (κ2) is 2.95. The van der Waals surface area contributed by atoms with Crippen LogP contribution in [0.5, 0.6) is 0 Å². The lowest BCUT2D eigenvalue weighted by molar-refractivity contribution is -0.136. The summed E-state index contributed by atoms with van der Waals surface area (Å²) >= 11 is 0. The summed E-state index contributed by atoms with van der Waals surface area (Å²) in [6.07, 6.45) is 1.03. The Balaban J connectivity index is 2.58. The number of aromatic nitrogens is 4. The molecule has 7 nitrogen and oxygen atoms in total. The molecule has 0 aliphatic rings. The number of hydrogen-bond donors (Lipinski definition) is 2. The molecule has 0 bridgehead atoms. The Bertz CT molecular complexity index is 541. The fourth-order valence-electron chi connectivity index (χ4n) is 1.11. The number of aromatic amines is 1. The van der Waals surface area contributed by atoms with Crippen LogP contribution in [0.1, 0.15) is 5.69 Å². The van der Waals surface area contributed by atoms with Gasteiger partial charge in [0.15, 0.2) is 0 Å². The molecule has 0 fully saturated rings. The summed E-state index contributed by atoms with van der Waals surface area (Å²) in [6, 6.07) is 1.17. The molecule has 7 heteroatoms. The van der Waals surface area contributed by atoms with Crippen LogP contribution in [-0.2, 0) is 11.2 Å². The van der Waals surface area contributed by atoms with Gasteiger partial charge in [0.1, 0.15) is 6.33 Å². The lowest BCUT2D eigenvalue weighted by Crippen LogP contribution is -2.17. The highest BCUT2D eigenvalue weighted by Crippen LogP contribution is 1.94. The molecule has 72 valence electrons. The number of fused-ring (bicyclic) bond motifs is 1. The van der Waals surface area contributed by atoms with Crippen molar-refractivity contribution in [1.82, 2.24) is 19.6 Å². The first-order chi connectivity index (χ1) is 6.66. The maximum absolute atomic E-state index is 11.3. The van der Waals surface area contributed by atoms with E-state index in [1.165, 1.54) is 12.4 Å². The third-order valence-corrected chi connectivity index (χ3v) is 1.65. The van der Waals surface area contributed by atoms with Crippen LogP contribution in [0.4, 0.5) is 0 Å². The van der Waals surface area contributed by atoms with E-state index in [1.54, 1.807) is 0 Å². The van der Waals surface area contributed by atoms with Gasteiger partial charge in [-0.15, -0.1) is 0 Å². The van der Waals surface area contributed by atoms with Gasteiger partial charge < -0.3 is 5.11 Å². The van der Waals surface area contributed by atoms with Crippen LogP contribution in [0.2, 0.25) is 0 Å². The molecule has 2 aromatic rings. The third kappa shape index (κ3) is 1.35. The summed E-state index contributed by atoms with van der Waals surface area (Å²) < 4.78 is 1.13. The van der Waals surface area contributed by atoms with Gasteiger partial charge in [-0.25, -0.2) is 9.97 Å². The standard InChI is InChI=1S/C7H6N4O3/c12-5-1-4(2-6(13)14)10-7-8-3-9-11(5)7/h1,3H,2H2,(H,13,14)(H,8,9,10). The van der Waals surface area contributed by atoms with Crippen LogP contribution in [-0.4, -0.2) is 30.7 Å². The van der Waals surface area contributed by atoms with Crippen molar-refractivity contribution in [3.8, 4) is 0 Å². The van der Waals surface area contributed by atoms with Gasteiger partial charge in [-0.3, -0.25) is 14.7 Å². The lowest BCUT2D eigenvalue weighted by Gasteiger charge is -1.95. The number of carboxylic acids is 1. The molecule has 0 saturated carbocycles. The van der Waals surface area contributed by atoms with Crippen molar-refractivity contribution in [1.29, 1.82) is 0 Å². The van der Waals surface area contributed by atoms with E-state index >= 15 is 0 Å². The fraction of sp³-hybridized carbons (Fsp3) is 0.143. The Labute approximate surface area is 77.0 Å². The number of hydrogen-bond acceptors (Lipinski definition) is 4. The van der Waals surface area contributed by atoms with Gasteiger partial charge in [-0.05, 0) is 0 Å². The molecule has 0 atom stereocenters. The van der Waals surface area contributed by atoms with Crippen LogP contribution in [0.25, 0.3) is 5.78 Å². The minimum atomic E-state index is -1.03. The van der Waals surface area contributed by atoms with Gasteiger partial charge in [0, 0.05) is 6.07 Å². The molecule has 0 amide bonds. The summed E-state index contributed by atoms with van der Waals surface area (Å²) in [5, 5.41) is 11.1. The smallest absolute Gasteiger partial charge is 0.309 e. The first kappa shape index (κ1) is 8.42. The molecule has 0 aromatic carbocycles. The largest absolute Gasteiger partial charge is 0.481 e. The SMILES string of the molecule is O=C(O)Cc1cc(=O)n2[nH]cnc2n1. The van der Waals surface area contributed by atoms with Crippen molar-refractivity contribution in [3.05, 3.63) is 28.4 Å². The molecular weight excluding hydrogens is 188 g/mol. The van der Waals surface area contributed by atoms with Crippen LogP contribution in [0.3, 0.4) is 0 Å². The molecule has 0 radical (unpaired) electrons. The topological polar surface area (TPSA) is 100 Å². The summed E-state index contributed by atoms with van der Waals surface area (Å²) in [6.45, 7) is 0. The van der Waals surface area contributed by atoms with E-state index < -0.39 is 5.97 Å². The minimum Gasteiger partial charge on any atom is -0.481 e.